The van der Waals surface area contributed by atoms with E-state index in [1.807, 2.05) is 0 Å². The van der Waals surface area contributed by atoms with Crippen LogP contribution >= 0.6 is 11.8 Å². The number of halogens is 1. The minimum absolute atomic E-state index is 0.247. The molecule has 76 valence electrons. The Labute approximate surface area is 90.6 Å². The summed E-state index contributed by atoms with van der Waals surface area (Å²) < 4.78 is 12.6. The molecule has 15 heavy (non-hydrogen) atoms. The van der Waals surface area contributed by atoms with E-state index >= 15 is 0 Å². The monoisotopic (exact) mass is 221 g/mol. The molecular weight excluding hydrogens is 213 g/mol. The maximum atomic E-state index is 12.6. The molecule has 0 radical (unpaired) electrons. The van der Waals surface area contributed by atoms with Crippen molar-refractivity contribution in [3.63, 3.8) is 0 Å². The Balaban J connectivity index is 2.15. The van der Waals surface area contributed by atoms with Gasteiger partial charge in [-0.2, -0.15) is 0 Å². The average molecular weight is 221 g/mol. The van der Waals surface area contributed by atoms with Crippen molar-refractivity contribution < 1.29 is 4.39 Å². The molecule has 0 amide bonds. The summed E-state index contributed by atoms with van der Waals surface area (Å²) in [5.41, 5.74) is 5.41. The Morgan fingerprint density at radius 2 is 1.80 bits per heavy atom. The molecule has 1 aromatic carbocycles. The molecule has 0 spiro atoms. The van der Waals surface area contributed by atoms with Crippen LogP contribution in [0.4, 0.5) is 10.2 Å². The molecule has 0 unspecified atom stereocenters. The third-order valence-corrected chi connectivity index (χ3v) is 2.61. The zero-order valence-electron chi connectivity index (χ0n) is 7.72. The second kappa shape index (κ2) is 4.27. The summed E-state index contributed by atoms with van der Waals surface area (Å²) in [6.07, 6.45) is 3.08. The van der Waals surface area contributed by atoms with E-state index in [0.717, 1.165) is 9.92 Å². The van der Waals surface area contributed by atoms with E-state index in [1.54, 1.807) is 18.3 Å². The molecule has 2 N–H and O–H groups in total. The summed E-state index contributed by atoms with van der Waals surface area (Å²) in [6.45, 7) is 0. The normalized spacial score (nSPS) is 10.2. The van der Waals surface area contributed by atoms with Crippen molar-refractivity contribution in [3.05, 3.63) is 42.5 Å². The van der Waals surface area contributed by atoms with Crippen LogP contribution in [0.15, 0.2) is 46.6 Å². The maximum absolute atomic E-state index is 12.6. The Bertz CT molecular complexity index is 398. The Hall–Kier alpha value is -1.62. The van der Waals surface area contributed by atoms with Gasteiger partial charge in [0.25, 0.3) is 0 Å². The molecule has 2 aromatic rings. The highest BCUT2D eigenvalue weighted by Gasteiger charge is 1.99. The first-order chi connectivity index (χ1) is 7.24. The SMILES string of the molecule is Nc1cnc(Sc2ccc(F)cc2)cn1. The second-order valence-corrected chi connectivity index (χ2v) is 3.93. The lowest BCUT2D eigenvalue weighted by Gasteiger charge is -2.00. The molecule has 0 saturated carbocycles. The molecule has 1 heterocycles. The van der Waals surface area contributed by atoms with Gasteiger partial charge in [0.15, 0.2) is 0 Å². The fourth-order valence-corrected chi connectivity index (χ4v) is 1.73. The topological polar surface area (TPSA) is 51.8 Å². The van der Waals surface area contributed by atoms with Gasteiger partial charge in [-0.15, -0.1) is 0 Å². The summed E-state index contributed by atoms with van der Waals surface area (Å²) >= 11 is 1.41. The van der Waals surface area contributed by atoms with Gasteiger partial charge >= 0.3 is 0 Å². The summed E-state index contributed by atoms with van der Waals surface area (Å²) in [5.74, 6) is 0.140. The maximum Gasteiger partial charge on any atom is 0.141 e. The lowest BCUT2D eigenvalue weighted by atomic mass is 10.4. The number of nitrogens with two attached hydrogens (primary N) is 1. The quantitative estimate of drug-likeness (QED) is 0.845. The van der Waals surface area contributed by atoms with Crippen molar-refractivity contribution in [1.82, 2.24) is 9.97 Å². The molecule has 5 heteroatoms. The van der Waals surface area contributed by atoms with Gasteiger partial charge in [-0.3, -0.25) is 0 Å². The van der Waals surface area contributed by atoms with E-state index in [4.69, 9.17) is 5.73 Å². The van der Waals surface area contributed by atoms with Crippen molar-refractivity contribution >= 4 is 17.6 Å². The molecule has 0 saturated heterocycles. The lowest BCUT2D eigenvalue weighted by molar-refractivity contribution is 0.626. The fourth-order valence-electron chi connectivity index (χ4n) is 1.00. The van der Waals surface area contributed by atoms with E-state index in [0.29, 0.717) is 5.82 Å². The van der Waals surface area contributed by atoms with Crippen molar-refractivity contribution in [3.8, 4) is 0 Å². The number of hydrogen-bond donors (Lipinski definition) is 1. The Kier molecular flexibility index (Phi) is 2.82. The molecule has 0 aliphatic carbocycles. The highest BCUT2D eigenvalue weighted by atomic mass is 32.2. The van der Waals surface area contributed by atoms with Crippen LogP contribution in [0.2, 0.25) is 0 Å². The van der Waals surface area contributed by atoms with E-state index in [2.05, 4.69) is 9.97 Å². The number of aromatic nitrogens is 2. The van der Waals surface area contributed by atoms with Crippen LogP contribution < -0.4 is 5.73 Å². The third kappa shape index (κ3) is 2.66. The predicted octanol–water partition coefficient (Wildman–Crippen LogP) is 2.35. The average Bonchev–Trinajstić information content (AvgIpc) is 2.25. The van der Waals surface area contributed by atoms with Crippen molar-refractivity contribution in [2.24, 2.45) is 0 Å². The molecular formula is C10H8FN3S. The number of hydrogen-bond acceptors (Lipinski definition) is 4. The minimum atomic E-state index is -0.247. The summed E-state index contributed by atoms with van der Waals surface area (Å²) in [6, 6.07) is 6.20. The minimum Gasteiger partial charge on any atom is -0.382 e. The second-order valence-electron chi connectivity index (χ2n) is 2.84. The zero-order chi connectivity index (χ0) is 10.7. The van der Waals surface area contributed by atoms with Crippen LogP contribution in [-0.2, 0) is 0 Å². The molecule has 0 bridgehead atoms. The van der Waals surface area contributed by atoms with E-state index < -0.39 is 0 Å². The van der Waals surface area contributed by atoms with Crippen molar-refractivity contribution in [2.45, 2.75) is 9.92 Å². The first kappa shape index (κ1) is 9.92. The molecule has 0 aliphatic rings. The molecule has 0 fully saturated rings. The smallest absolute Gasteiger partial charge is 0.141 e. The lowest BCUT2D eigenvalue weighted by Crippen LogP contribution is -1.91. The van der Waals surface area contributed by atoms with Gasteiger partial charge in [0, 0.05) is 4.90 Å². The molecule has 1 aromatic heterocycles. The predicted molar refractivity (Wildman–Crippen MR) is 57.0 cm³/mol. The largest absolute Gasteiger partial charge is 0.382 e. The molecule has 3 nitrogen and oxygen atoms in total. The number of benzene rings is 1. The highest BCUT2D eigenvalue weighted by molar-refractivity contribution is 7.99. The molecule has 2 rings (SSSR count). The van der Waals surface area contributed by atoms with Crippen LogP contribution in [-0.4, -0.2) is 9.97 Å². The van der Waals surface area contributed by atoms with Gasteiger partial charge in [0.2, 0.25) is 0 Å². The third-order valence-electron chi connectivity index (χ3n) is 1.68. The Morgan fingerprint density at radius 3 is 2.40 bits per heavy atom. The zero-order valence-corrected chi connectivity index (χ0v) is 8.54. The first-order valence-electron chi connectivity index (χ1n) is 4.25. The van der Waals surface area contributed by atoms with Gasteiger partial charge in [-0.05, 0) is 24.3 Å². The van der Waals surface area contributed by atoms with Crippen LogP contribution in [0, 0.1) is 5.82 Å². The first-order valence-corrected chi connectivity index (χ1v) is 5.06. The number of rotatable bonds is 2. The highest BCUT2D eigenvalue weighted by Crippen LogP contribution is 2.25. The van der Waals surface area contributed by atoms with E-state index in [-0.39, 0.29) is 5.82 Å². The van der Waals surface area contributed by atoms with Crippen LogP contribution in [0.25, 0.3) is 0 Å². The fraction of sp³-hybridized carbons (Fsp3) is 0. The standard InChI is InChI=1S/C10H8FN3S/c11-7-1-3-8(4-2-7)15-10-6-13-9(12)5-14-10/h1-6H,(H2,12,13). The van der Waals surface area contributed by atoms with Crippen molar-refractivity contribution in [1.29, 1.82) is 0 Å². The summed E-state index contributed by atoms with van der Waals surface area (Å²) in [5, 5.41) is 0.732. The number of anilines is 1. The molecule has 0 aliphatic heterocycles. The van der Waals surface area contributed by atoms with Gasteiger partial charge < -0.3 is 5.73 Å². The van der Waals surface area contributed by atoms with Crippen LogP contribution in [0.1, 0.15) is 0 Å². The number of nitrogens with zero attached hydrogens (tertiary/aromatic N) is 2. The van der Waals surface area contributed by atoms with Crippen molar-refractivity contribution in [2.75, 3.05) is 5.73 Å². The Morgan fingerprint density at radius 1 is 1.07 bits per heavy atom. The van der Waals surface area contributed by atoms with Gasteiger partial charge in [-0.1, -0.05) is 11.8 Å². The van der Waals surface area contributed by atoms with Crippen LogP contribution in [0.5, 0.6) is 0 Å². The number of nitrogen functional groups attached to an aromatic ring is 1. The van der Waals surface area contributed by atoms with E-state index in [9.17, 15) is 4.39 Å². The summed E-state index contributed by atoms with van der Waals surface area (Å²) in [7, 11) is 0. The van der Waals surface area contributed by atoms with E-state index in [1.165, 1.54) is 30.1 Å². The van der Waals surface area contributed by atoms with Crippen LogP contribution in [0.3, 0.4) is 0 Å². The van der Waals surface area contributed by atoms with Gasteiger partial charge in [0.1, 0.15) is 16.7 Å². The molecule has 0 atom stereocenters. The van der Waals surface area contributed by atoms with Gasteiger partial charge in [-0.25, -0.2) is 14.4 Å². The summed E-state index contributed by atoms with van der Waals surface area (Å²) in [4.78, 5) is 8.90. The van der Waals surface area contributed by atoms with Gasteiger partial charge in [0.05, 0.1) is 12.4 Å².